The van der Waals surface area contributed by atoms with Crippen molar-refractivity contribution in [1.29, 1.82) is 0 Å². The van der Waals surface area contributed by atoms with Gasteiger partial charge in [-0.2, -0.15) is 0 Å². The van der Waals surface area contributed by atoms with Gasteiger partial charge >= 0.3 is 0 Å². The van der Waals surface area contributed by atoms with Gasteiger partial charge in [-0.05, 0) is 42.9 Å². The Morgan fingerprint density at radius 1 is 1.05 bits per heavy atom. The molecule has 0 radical (unpaired) electrons. The van der Waals surface area contributed by atoms with Crippen LogP contribution in [0.1, 0.15) is 40.2 Å². The number of benzene rings is 2. The highest BCUT2D eigenvalue weighted by Crippen LogP contribution is 2.22. The first-order valence-corrected chi connectivity index (χ1v) is 7.72. The molecule has 1 amide bonds. The molecule has 1 atom stereocenters. The van der Waals surface area contributed by atoms with Gasteiger partial charge in [0.2, 0.25) is 0 Å². The fourth-order valence-corrected chi connectivity index (χ4v) is 2.64. The number of carbonyl (C=O) groups is 1. The zero-order valence-electron chi connectivity index (χ0n) is 13.0. The van der Waals surface area contributed by atoms with E-state index in [-0.39, 0.29) is 18.4 Å². The molecule has 2 N–H and O–H groups in total. The number of hydrogen-bond acceptors (Lipinski definition) is 2. The third-order valence-electron chi connectivity index (χ3n) is 3.92. The predicted molar refractivity (Wildman–Crippen MR) is 89.0 cm³/mol. The lowest BCUT2D eigenvalue weighted by atomic mass is 9.93. The van der Waals surface area contributed by atoms with Crippen LogP contribution in [0.2, 0.25) is 0 Å². The monoisotopic (exact) mass is 297 g/mol. The molecule has 0 heterocycles. The molecule has 2 rings (SSSR count). The van der Waals surface area contributed by atoms with E-state index in [9.17, 15) is 9.90 Å². The van der Waals surface area contributed by atoms with Gasteiger partial charge in [0.05, 0.1) is 0 Å². The van der Waals surface area contributed by atoms with E-state index in [2.05, 4.69) is 17.4 Å². The molecular formula is C19H23NO2. The van der Waals surface area contributed by atoms with E-state index in [0.717, 1.165) is 17.5 Å². The van der Waals surface area contributed by atoms with Crippen LogP contribution >= 0.6 is 0 Å². The Balaban J connectivity index is 1.91. The maximum absolute atomic E-state index is 12.2. The van der Waals surface area contributed by atoms with Gasteiger partial charge in [0.25, 0.3) is 5.91 Å². The van der Waals surface area contributed by atoms with Crippen LogP contribution in [0.4, 0.5) is 0 Å². The summed E-state index contributed by atoms with van der Waals surface area (Å²) in [5, 5.41) is 12.2. The summed E-state index contributed by atoms with van der Waals surface area (Å²) in [6, 6.07) is 17.7. The molecule has 22 heavy (non-hydrogen) atoms. The lowest BCUT2D eigenvalue weighted by Crippen LogP contribution is -2.26. The summed E-state index contributed by atoms with van der Waals surface area (Å²) in [6.07, 6.45) is 1.53. The molecule has 2 aromatic carbocycles. The van der Waals surface area contributed by atoms with Gasteiger partial charge in [-0.3, -0.25) is 4.79 Å². The van der Waals surface area contributed by atoms with Gasteiger partial charge in [0, 0.05) is 18.7 Å². The SMILES string of the molecule is Cc1ccccc1C(=O)NCCC(CCO)c1ccccc1. The Kier molecular flexibility index (Phi) is 6.16. The molecule has 2 aromatic rings. The second-order valence-electron chi connectivity index (χ2n) is 5.48. The molecule has 0 aliphatic heterocycles. The Hall–Kier alpha value is -2.13. The number of aliphatic hydroxyl groups is 1. The van der Waals surface area contributed by atoms with E-state index >= 15 is 0 Å². The van der Waals surface area contributed by atoms with E-state index in [1.807, 2.05) is 49.4 Å². The summed E-state index contributed by atoms with van der Waals surface area (Å²) in [6.45, 7) is 2.70. The lowest BCUT2D eigenvalue weighted by molar-refractivity contribution is 0.0951. The maximum Gasteiger partial charge on any atom is 0.251 e. The normalized spacial score (nSPS) is 11.9. The number of nitrogens with one attached hydrogen (secondary N) is 1. The molecule has 0 fully saturated rings. The number of amides is 1. The third kappa shape index (κ3) is 4.43. The van der Waals surface area contributed by atoms with Crippen LogP contribution in [0.25, 0.3) is 0 Å². The van der Waals surface area contributed by atoms with Crippen molar-refractivity contribution in [2.45, 2.75) is 25.7 Å². The average molecular weight is 297 g/mol. The minimum absolute atomic E-state index is 0.0334. The first-order valence-electron chi connectivity index (χ1n) is 7.72. The van der Waals surface area contributed by atoms with Crippen LogP contribution in [0, 0.1) is 6.92 Å². The molecule has 0 aromatic heterocycles. The van der Waals surface area contributed by atoms with E-state index in [1.54, 1.807) is 0 Å². The van der Waals surface area contributed by atoms with Crippen molar-refractivity contribution >= 4 is 5.91 Å². The second kappa shape index (κ2) is 8.35. The van der Waals surface area contributed by atoms with Crippen molar-refractivity contribution in [1.82, 2.24) is 5.32 Å². The number of aryl methyl sites for hydroxylation is 1. The smallest absolute Gasteiger partial charge is 0.251 e. The molecular weight excluding hydrogens is 274 g/mol. The van der Waals surface area contributed by atoms with Crippen molar-refractivity contribution in [3.8, 4) is 0 Å². The van der Waals surface area contributed by atoms with Crippen LogP contribution in [0.5, 0.6) is 0 Å². The van der Waals surface area contributed by atoms with Crippen molar-refractivity contribution in [2.75, 3.05) is 13.2 Å². The first-order chi connectivity index (χ1) is 10.7. The highest BCUT2D eigenvalue weighted by Gasteiger charge is 2.12. The summed E-state index contributed by atoms with van der Waals surface area (Å²) in [5.74, 6) is 0.234. The Labute approximate surface area is 132 Å². The zero-order valence-corrected chi connectivity index (χ0v) is 13.0. The quantitative estimate of drug-likeness (QED) is 0.824. The van der Waals surface area contributed by atoms with Crippen LogP contribution in [0.15, 0.2) is 54.6 Å². The molecule has 3 nitrogen and oxygen atoms in total. The fraction of sp³-hybridized carbons (Fsp3) is 0.316. The molecule has 0 spiro atoms. The van der Waals surface area contributed by atoms with E-state index in [4.69, 9.17) is 0 Å². The van der Waals surface area contributed by atoms with Crippen LogP contribution in [0.3, 0.4) is 0 Å². The van der Waals surface area contributed by atoms with Crippen molar-refractivity contribution in [3.63, 3.8) is 0 Å². The highest BCUT2D eigenvalue weighted by molar-refractivity contribution is 5.95. The molecule has 0 saturated heterocycles. The second-order valence-corrected chi connectivity index (χ2v) is 5.48. The van der Waals surface area contributed by atoms with Gasteiger partial charge in [0.15, 0.2) is 0 Å². The Bertz CT molecular complexity index is 595. The zero-order chi connectivity index (χ0) is 15.8. The summed E-state index contributed by atoms with van der Waals surface area (Å²) < 4.78 is 0. The Morgan fingerprint density at radius 3 is 2.41 bits per heavy atom. The van der Waals surface area contributed by atoms with Gasteiger partial charge in [-0.1, -0.05) is 48.5 Å². The third-order valence-corrected chi connectivity index (χ3v) is 3.92. The number of aliphatic hydroxyl groups excluding tert-OH is 1. The van der Waals surface area contributed by atoms with Gasteiger partial charge in [-0.15, -0.1) is 0 Å². The topological polar surface area (TPSA) is 49.3 Å². The fourth-order valence-electron chi connectivity index (χ4n) is 2.64. The first kappa shape index (κ1) is 16.2. The van der Waals surface area contributed by atoms with E-state index in [1.165, 1.54) is 5.56 Å². The largest absolute Gasteiger partial charge is 0.396 e. The van der Waals surface area contributed by atoms with E-state index < -0.39 is 0 Å². The minimum atomic E-state index is -0.0334. The summed E-state index contributed by atoms with van der Waals surface area (Å²) >= 11 is 0. The van der Waals surface area contributed by atoms with Gasteiger partial charge in [0.1, 0.15) is 0 Å². The molecule has 0 aliphatic rings. The number of hydrogen-bond donors (Lipinski definition) is 2. The molecule has 0 saturated carbocycles. The summed E-state index contributed by atoms with van der Waals surface area (Å²) in [4.78, 5) is 12.2. The minimum Gasteiger partial charge on any atom is -0.396 e. The summed E-state index contributed by atoms with van der Waals surface area (Å²) in [7, 11) is 0. The lowest BCUT2D eigenvalue weighted by Gasteiger charge is -2.17. The van der Waals surface area contributed by atoms with Crippen molar-refractivity contribution in [3.05, 3.63) is 71.3 Å². The molecule has 1 unspecified atom stereocenters. The van der Waals surface area contributed by atoms with Crippen molar-refractivity contribution in [2.24, 2.45) is 0 Å². The van der Waals surface area contributed by atoms with Gasteiger partial charge < -0.3 is 10.4 Å². The van der Waals surface area contributed by atoms with Crippen molar-refractivity contribution < 1.29 is 9.90 Å². The molecule has 116 valence electrons. The maximum atomic E-state index is 12.2. The van der Waals surface area contributed by atoms with E-state index in [0.29, 0.717) is 13.0 Å². The number of rotatable bonds is 7. The molecule has 0 aliphatic carbocycles. The van der Waals surface area contributed by atoms with Crippen LogP contribution in [-0.4, -0.2) is 24.2 Å². The molecule has 3 heteroatoms. The Morgan fingerprint density at radius 2 is 1.73 bits per heavy atom. The standard InChI is InChI=1S/C19H23NO2/c1-15-7-5-6-10-18(15)19(22)20-13-11-17(12-14-21)16-8-3-2-4-9-16/h2-10,17,21H,11-14H2,1H3,(H,20,22). The number of carbonyl (C=O) groups excluding carboxylic acids is 1. The predicted octanol–water partition coefficient (Wildman–Crippen LogP) is 3.28. The average Bonchev–Trinajstić information content (AvgIpc) is 2.55. The summed E-state index contributed by atoms with van der Waals surface area (Å²) in [5.41, 5.74) is 2.91. The van der Waals surface area contributed by atoms with Gasteiger partial charge in [-0.25, -0.2) is 0 Å². The van der Waals surface area contributed by atoms with Crippen LogP contribution in [-0.2, 0) is 0 Å². The highest BCUT2D eigenvalue weighted by atomic mass is 16.3. The van der Waals surface area contributed by atoms with Crippen LogP contribution < -0.4 is 5.32 Å². The molecule has 0 bridgehead atoms.